The highest BCUT2D eigenvalue weighted by atomic mass is 79.9. The van der Waals surface area contributed by atoms with Gasteiger partial charge >= 0.3 is 0 Å². The van der Waals surface area contributed by atoms with Crippen LogP contribution in [0.4, 0.5) is 5.69 Å². The van der Waals surface area contributed by atoms with Crippen LogP contribution in [-0.4, -0.2) is 54.9 Å². The minimum atomic E-state index is -0.0919. The van der Waals surface area contributed by atoms with Crippen molar-refractivity contribution < 1.29 is 14.7 Å². The van der Waals surface area contributed by atoms with Gasteiger partial charge in [0.2, 0.25) is 5.91 Å². The highest BCUT2D eigenvalue weighted by Crippen LogP contribution is 2.26. The number of nitrogens with one attached hydrogen (secondary N) is 2. The number of Topliss-reactive ketones (excluding diaryl/α,β-unsaturated/α-hetero) is 1. The Morgan fingerprint density at radius 2 is 1.81 bits per heavy atom. The fourth-order valence-corrected chi connectivity index (χ4v) is 3.70. The molecule has 9 heteroatoms. The largest absolute Gasteiger partial charge is 0.508 e. The summed E-state index contributed by atoms with van der Waals surface area (Å²) in [5.41, 5.74) is 9.15. The molecule has 32 heavy (non-hydrogen) atoms. The summed E-state index contributed by atoms with van der Waals surface area (Å²) in [6.45, 7) is 2.60. The summed E-state index contributed by atoms with van der Waals surface area (Å²) >= 11 is 0. The van der Waals surface area contributed by atoms with Gasteiger partial charge in [0.15, 0.2) is 5.78 Å². The number of phenolic OH excluding ortho intramolecular Hbond substituents is 1. The molecule has 2 aromatic rings. The quantitative estimate of drug-likeness (QED) is 0.286. The first-order valence-electron chi connectivity index (χ1n) is 10.3. The zero-order chi connectivity index (χ0) is 21.5. The van der Waals surface area contributed by atoms with Crippen LogP contribution in [0.15, 0.2) is 42.5 Å². The van der Waals surface area contributed by atoms with Gasteiger partial charge in [-0.25, -0.2) is 0 Å². The van der Waals surface area contributed by atoms with E-state index in [0.717, 1.165) is 25.1 Å². The van der Waals surface area contributed by atoms with E-state index in [-0.39, 0.29) is 63.9 Å². The molecule has 3 rings (SSSR count). The van der Waals surface area contributed by atoms with E-state index in [0.29, 0.717) is 30.8 Å². The van der Waals surface area contributed by atoms with Gasteiger partial charge in [0.25, 0.3) is 0 Å². The normalized spacial score (nSPS) is 15.5. The third-order valence-corrected chi connectivity index (χ3v) is 5.41. The number of anilines is 1. The number of likely N-dealkylation sites (N-methyl/N-ethyl adjacent to an activating group) is 1. The number of halogens is 2. The van der Waals surface area contributed by atoms with Crippen LogP contribution < -0.4 is 16.4 Å². The molecule has 1 aliphatic rings. The molecule has 1 heterocycles. The lowest BCUT2D eigenvalue weighted by Gasteiger charge is -2.23. The van der Waals surface area contributed by atoms with Crippen LogP contribution in [0.1, 0.15) is 40.4 Å². The van der Waals surface area contributed by atoms with Gasteiger partial charge in [-0.1, -0.05) is 6.07 Å². The lowest BCUT2D eigenvalue weighted by atomic mass is 9.99. The molecule has 1 unspecified atom stereocenters. The third kappa shape index (κ3) is 8.20. The van der Waals surface area contributed by atoms with E-state index in [1.165, 1.54) is 5.56 Å². The van der Waals surface area contributed by atoms with E-state index < -0.39 is 0 Å². The second kappa shape index (κ2) is 13.6. The van der Waals surface area contributed by atoms with Crippen LogP contribution in [0, 0.1) is 0 Å². The number of hydrogen-bond donors (Lipinski definition) is 4. The monoisotopic (exact) mass is 570 g/mol. The Morgan fingerprint density at radius 3 is 2.53 bits per heavy atom. The van der Waals surface area contributed by atoms with Crippen LogP contribution in [-0.2, 0) is 11.2 Å². The Bertz CT molecular complexity index is 893. The van der Waals surface area contributed by atoms with Gasteiger partial charge in [0.1, 0.15) is 5.75 Å². The Morgan fingerprint density at radius 1 is 1.09 bits per heavy atom. The van der Waals surface area contributed by atoms with Gasteiger partial charge in [-0.2, -0.15) is 0 Å². The maximum absolute atomic E-state index is 12.1. The number of fused-ring (bicyclic) bond motifs is 1. The second-order valence-electron chi connectivity index (χ2n) is 7.80. The number of carbonyl (C=O) groups is 2. The first-order chi connectivity index (χ1) is 14.4. The molecule has 176 valence electrons. The van der Waals surface area contributed by atoms with E-state index in [9.17, 15) is 14.7 Å². The van der Waals surface area contributed by atoms with E-state index in [2.05, 4.69) is 22.6 Å². The molecule has 0 saturated heterocycles. The topological polar surface area (TPSA) is 108 Å². The van der Waals surface area contributed by atoms with Gasteiger partial charge < -0.3 is 26.4 Å². The Balaban J connectivity index is 0.00000256. The number of phenols is 1. The number of carbonyl (C=O) groups excluding carboxylic acids is 2. The van der Waals surface area contributed by atoms with Crippen molar-refractivity contribution in [2.45, 2.75) is 25.3 Å². The lowest BCUT2D eigenvalue weighted by Crippen LogP contribution is -2.35. The average molecular weight is 572 g/mol. The van der Waals surface area contributed by atoms with Gasteiger partial charge in [0.05, 0.1) is 0 Å². The first-order valence-corrected chi connectivity index (χ1v) is 10.3. The van der Waals surface area contributed by atoms with Crippen LogP contribution >= 0.6 is 34.0 Å². The number of nitrogen functional groups attached to an aromatic ring is 1. The first kappa shape index (κ1) is 28.1. The van der Waals surface area contributed by atoms with Crippen LogP contribution in [0.3, 0.4) is 0 Å². The van der Waals surface area contributed by atoms with Gasteiger partial charge in [-0.3, -0.25) is 9.59 Å². The molecule has 0 fully saturated rings. The number of hydrogen-bond acceptors (Lipinski definition) is 6. The third-order valence-electron chi connectivity index (χ3n) is 5.41. The molecule has 0 bridgehead atoms. The average Bonchev–Trinajstić information content (AvgIpc) is 2.87. The molecule has 0 aliphatic carbocycles. The summed E-state index contributed by atoms with van der Waals surface area (Å²) in [5.74, 6) is 0.144. The molecule has 1 aliphatic heterocycles. The molecule has 7 nitrogen and oxygen atoms in total. The fraction of sp³-hybridized carbons (Fsp3) is 0.391. The van der Waals surface area contributed by atoms with E-state index in [1.807, 2.05) is 12.1 Å². The van der Waals surface area contributed by atoms with Crippen molar-refractivity contribution in [3.8, 4) is 5.75 Å². The summed E-state index contributed by atoms with van der Waals surface area (Å²) < 4.78 is 0. The molecule has 0 saturated carbocycles. The highest BCUT2D eigenvalue weighted by molar-refractivity contribution is 8.93. The van der Waals surface area contributed by atoms with E-state index >= 15 is 0 Å². The number of aromatic hydroxyl groups is 1. The summed E-state index contributed by atoms with van der Waals surface area (Å²) in [4.78, 5) is 26.5. The summed E-state index contributed by atoms with van der Waals surface area (Å²) in [5, 5.41) is 16.1. The molecule has 5 N–H and O–H groups in total. The molecule has 1 atom stereocenters. The SMILES string of the molecule is Br.Br.CN1CCc2ccc(O)cc2C(NCCC(=O)NCCC(=O)c2ccc(N)cc2)C1. The van der Waals surface area contributed by atoms with Crippen LogP contribution in [0.25, 0.3) is 0 Å². The number of benzene rings is 2. The van der Waals surface area contributed by atoms with Crippen LogP contribution in [0.2, 0.25) is 0 Å². The van der Waals surface area contributed by atoms with E-state index in [4.69, 9.17) is 5.73 Å². The van der Waals surface area contributed by atoms with Gasteiger partial charge in [0, 0.05) is 56.3 Å². The zero-order valence-electron chi connectivity index (χ0n) is 18.2. The predicted octanol–water partition coefficient (Wildman–Crippen LogP) is 3.03. The number of ketones is 1. The Hall–Kier alpha value is -1.94. The molecule has 1 amide bonds. The maximum atomic E-state index is 12.1. The van der Waals surface area contributed by atoms with Crippen molar-refractivity contribution in [2.75, 3.05) is 39.0 Å². The van der Waals surface area contributed by atoms with E-state index in [1.54, 1.807) is 30.3 Å². The predicted molar refractivity (Wildman–Crippen MR) is 138 cm³/mol. The summed E-state index contributed by atoms with van der Waals surface area (Å²) in [6.07, 6.45) is 1.51. The Kier molecular flexibility index (Phi) is 11.9. The number of rotatable bonds is 8. The summed E-state index contributed by atoms with van der Waals surface area (Å²) in [7, 11) is 2.07. The number of nitrogens with zero attached hydrogens (tertiary/aromatic N) is 1. The van der Waals surface area contributed by atoms with Crippen molar-refractivity contribution in [2.24, 2.45) is 0 Å². The minimum absolute atomic E-state index is 0. The molecule has 0 spiro atoms. The van der Waals surface area contributed by atoms with Crippen molar-refractivity contribution >= 4 is 51.3 Å². The highest BCUT2D eigenvalue weighted by Gasteiger charge is 2.21. The zero-order valence-corrected chi connectivity index (χ0v) is 21.6. The number of amides is 1. The van der Waals surface area contributed by atoms with Crippen molar-refractivity contribution in [3.63, 3.8) is 0 Å². The van der Waals surface area contributed by atoms with Gasteiger partial charge in [-0.15, -0.1) is 34.0 Å². The molecule has 2 aromatic carbocycles. The molecule has 0 radical (unpaired) electrons. The molecule has 0 aromatic heterocycles. The Labute approximate surface area is 210 Å². The van der Waals surface area contributed by atoms with Crippen molar-refractivity contribution in [1.29, 1.82) is 0 Å². The fourth-order valence-electron chi connectivity index (χ4n) is 3.70. The molecular formula is C23H32Br2N4O3. The minimum Gasteiger partial charge on any atom is -0.508 e. The smallest absolute Gasteiger partial charge is 0.221 e. The lowest BCUT2D eigenvalue weighted by molar-refractivity contribution is -0.120. The number of nitrogens with two attached hydrogens (primary N) is 1. The van der Waals surface area contributed by atoms with Crippen molar-refractivity contribution in [3.05, 3.63) is 59.2 Å². The second-order valence-corrected chi connectivity index (χ2v) is 7.80. The van der Waals surface area contributed by atoms with Crippen LogP contribution in [0.5, 0.6) is 5.75 Å². The standard InChI is InChI=1S/C23H30N4O3.2BrH/c1-27-13-10-16-4-7-19(28)14-20(16)21(15-27)25-12-9-23(30)26-11-8-22(29)17-2-5-18(24)6-3-17;;/h2-7,14,21,25,28H,8-13,15,24H2,1H3,(H,26,30);2*1H. The summed E-state index contributed by atoms with van der Waals surface area (Å²) in [6, 6.07) is 12.4. The van der Waals surface area contributed by atoms with Gasteiger partial charge in [-0.05, 0) is 61.0 Å². The van der Waals surface area contributed by atoms with Crippen molar-refractivity contribution in [1.82, 2.24) is 15.5 Å². The maximum Gasteiger partial charge on any atom is 0.221 e. The molecular weight excluding hydrogens is 540 g/mol.